The van der Waals surface area contributed by atoms with E-state index in [0.29, 0.717) is 26.2 Å². The summed E-state index contributed by atoms with van der Waals surface area (Å²) in [6.07, 6.45) is 1.67. The summed E-state index contributed by atoms with van der Waals surface area (Å²) in [5.41, 5.74) is 7.27. The van der Waals surface area contributed by atoms with Gasteiger partial charge in [0.25, 0.3) is 0 Å². The maximum atomic E-state index is 12.4. The van der Waals surface area contributed by atoms with Gasteiger partial charge in [-0.3, -0.25) is 14.3 Å². The molecule has 2 rings (SSSR count). The van der Waals surface area contributed by atoms with Gasteiger partial charge in [-0.1, -0.05) is 0 Å². The number of amides is 2. The molecule has 3 N–H and O–H groups in total. The van der Waals surface area contributed by atoms with E-state index in [9.17, 15) is 9.59 Å². The summed E-state index contributed by atoms with van der Waals surface area (Å²) >= 11 is 0. The predicted octanol–water partition coefficient (Wildman–Crippen LogP) is -0.187. The maximum Gasteiger partial charge on any atom is 0.244 e. The highest BCUT2D eigenvalue weighted by atomic mass is 16.2. The van der Waals surface area contributed by atoms with Gasteiger partial charge in [0.1, 0.15) is 6.54 Å². The molecular formula is C15H25N5O2. The summed E-state index contributed by atoms with van der Waals surface area (Å²) in [5, 5.41) is 7.12. The first-order valence-corrected chi connectivity index (χ1v) is 7.78. The van der Waals surface area contributed by atoms with Crippen molar-refractivity contribution in [2.24, 2.45) is 11.7 Å². The number of carbonyl (C=O) groups is 2. The number of hydrogen-bond acceptors (Lipinski definition) is 4. The minimum absolute atomic E-state index is 0.00550. The summed E-state index contributed by atoms with van der Waals surface area (Å²) in [5.74, 6) is -0.124. The Morgan fingerprint density at radius 1 is 1.45 bits per heavy atom. The lowest BCUT2D eigenvalue weighted by Gasteiger charge is -2.32. The highest BCUT2D eigenvalue weighted by Crippen LogP contribution is 2.17. The Labute approximate surface area is 130 Å². The second kappa shape index (κ2) is 7.40. The molecule has 1 saturated heterocycles. The van der Waals surface area contributed by atoms with Crippen LogP contribution in [-0.4, -0.2) is 52.7 Å². The van der Waals surface area contributed by atoms with Crippen molar-refractivity contribution in [3.05, 3.63) is 17.5 Å². The van der Waals surface area contributed by atoms with Crippen LogP contribution in [0, 0.1) is 19.8 Å². The third kappa shape index (κ3) is 4.07. The zero-order valence-corrected chi connectivity index (χ0v) is 13.3. The van der Waals surface area contributed by atoms with Crippen molar-refractivity contribution in [1.82, 2.24) is 20.0 Å². The van der Waals surface area contributed by atoms with Gasteiger partial charge >= 0.3 is 0 Å². The fourth-order valence-electron chi connectivity index (χ4n) is 2.82. The number of carbonyl (C=O) groups excluding carboxylic acids is 2. The average molecular weight is 307 g/mol. The Balaban J connectivity index is 1.92. The van der Waals surface area contributed by atoms with E-state index in [-0.39, 0.29) is 24.3 Å². The van der Waals surface area contributed by atoms with Crippen LogP contribution < -0.4 is 11.1 Å². The van der Waals surface area contributed by atoms with Crippen LogP contribution in [0.4, 0.5) is 0 Å². The summed E-state index contributed by atoms with van der Waals surface area (Å²) in [7, 11) is 0. The molecule has 2 heterocycles. The van der Waals surface area contributed by atoms with Gasteiger partial charge in [-0.25, -0.2) is 0 Å². The topological polar surface area (TPSA) is 93.2 Å². The third-order valence-electron chi connectivity index (χ3n) is 3.98. The fourth-order valence-corrected chi connectivity index (χ4v) is 2.82. The van der Waals surface area contributed by atoms with Gasteiger partial charge in [-0.2, -0.15) is 5.10 Å². The molecule has 1 fully saturated rings. The summed E-state index contributed by atoms with van der Waals surface area (Å²) < 4.78 is 1.72. The second-order valence-corrected chi connectivity index (χ2v) is 5.84. The number of aromatic nitrogens is 2. The molecule has 2 amide bonds. The Morgan fingerprint density at radius 2 is 2.23 bits per heavy atom. The van der Waals surface area contributed by atoms with E-state index in [0.717, 1.165) is 24.2 Å². The number of rotatable bonds is 5. The molecule has 7 nitrogen and oxygen atoms in total. The number of nitrogens with two attached hydrogens (primary N) is 1. The van der Waals surface area contributed by atoms with Gasteiger partial charge in [0, 0.05) is 31.9 Å². The number of likely N-dealkylation sites (tertiary alicyclic amines) is 1. The second-order valence-electron chi connectivity index (χ2n) is 5.84. The highest BCUT2D eigenvalue weighted by Gasteiger charge is 2.28. The molecule has 0 bridgehead atoms. The molecular weight excluding hydrogens is 282 g/mol. The van der Waals surface area contributed by atoms with Crippen molar-refractivity contribution in [2.75, 3.05) is 26.2 Å². The minimum Gasteiger partial charge on any atom is -0.355 e. The Bertz CT molecular complexity index is 540. The number of nitrogens with one attached hydrogen (secondary N) is 1. The Morgan fingerprint density at radius 3 is 2.86 bits per heavy atom. The van der Waals surface area contributed by atoms with E-state index >= 15 is 0 Å². The van der Waals surface area contributed by atoms with E-state index in [1.807, 2.05) is 19.9 Å². The molecule has 1 unspecified atom stereocenters. The van der Waals surface area contributed by atoms with Crippen molar-refractivity contribution in [2.45, 2.75) is 33.2 Å². The van der Waals surface area contributed by atoms with Gasteiger partial charge in [-0.15, -0.1) is 0 Å². The fraction of sp³-hybridized carbons (Fsp3) is 0.667. The van der Waals surface area contributed by atoms with E-state index in [2.05, 4.69) is 10.4 Å². The van der Waals surface area contributed by atoms with Gasteiger partial charge in [0.15, 0.2) is 0 Å². The molecule has 1 atom stereocenters. The lowest BCUT2D eigenvalue weighted by atomic mass is 9.97. The first-order chi connectivity index (χ1) is 10.5. The van der Waals surface area contributed by atoms with E-state index in [4.69, 9.17) is 5.73 Å². The quantitative estimate of drug-likeness (QED) is 0.789. The van der Waals surface area contributed by atoms with Crippen LogP contribution in [0.1, 0.15) is 24.2 Å². The molecule has 0 spiro atoms. The summed E-state index contributed by atoms with van der Waals surface area (Å²) in [6.45, 7) is 6.18. The van der Waals surface area contributed by atoms with Crippen LogP contribution in [0.2, 0.25) is 0 Å². The van der Waals surface area contributed by atoms with Crippen LogP contribution in [0.15, 0.2) is 6.07 Å². The zero-order valence-electron chi connectivity index (χ0n) is 13.3. The molecule has 1 aliphatic rings. The molecule has 122 valence electrons. The van der Waals surface area contributed by atoms with Crippen molar-refractivity contribution in [1.29, 1.82) is 0 Å². The van der Waals surface area contributed by atoms with Gasteiger partial charge < -0.3 is 16.0 Å². The first-order valence-electron chi connectivity index (χ1n) is 7.78. The Kier molecular flexibility index (Phi) is 5.54. The van der Waals surface area contributed by atoms with Gasteiger partial charge in [0.2, 0.25) is 11.8 Å². The summed E-state index contributed by atoms with van der Waals surface area (Å²) in [6, 6.07) is 1.95. The van der Waals surface area contributed by atoms with Crippen LogP contribution in [0.5, 0.6) is 0 Å². The molecule has 0 saturated carbocycles. The molecule has 7 heteroatoms. The van der Waals surface area contributed by atoms with Crippen LogP contribution in [0.3, 0.4) is 0 Å². The Hall–Kier alpha value is -1.89. The summed E-state index contributed by atoms with van der Waals surface area (Å²) in [4.78, 5) is 26.2. The molecule has 1 aromatic rings. The van der Waals surface area contributed by atoms with Gasteiger partial charge in [0.05, 0.1) is 11.6 Å². The van der Waals surface area contributed by atoms with Crippen molar-refractivity contribution >= 4 is 11.8 Å². The van der Waals surface area contributed by atoms with Crippen LogP contribution in [0.25, 0.3) is 0 Å². The van der Waals surface area contributed by atoms with Gasteiger partial charge in [-0.05, 0) is 32.8 Å². The monoisotopic (exact) mass is 307 g/mol. The maximum absolute atomic E-state index is 12.4. The average Bonchev–Trinajstić information content (AvgIpc) is 2.82. The number of nitrogens with zero attached hydrogens (tertiary/aromatic N) is 3. The normalized spacial score (nSPS) is 18.3. The van der Waals surface area contributed by atoms with E-state index < -0.39 is 0 Å². The molecule has 0 aliphatic carbocycles. The van der Waals surface area contributed by atoms with Crippen molar-refractivity contribution < 1.29 is 9.59 Å². The van der Waals surface area contributed by atoms with Crippen LogP contribution >= 0.6 is 0 Å². The lowest BCUT2D eigenvalue weighted by Crippen LogP contribution is -2.47. The minimum atomic E-state index is -0.135. The van der Waals surface area contributed by atoms with E-state index in [1.165, 1.54) is 0 Å². The number of hydrogen-bond donors (Lipinski definition) is 2. The largest absolute Gasteiger partial charge is 0.355 e. The molecule has 0 radical (unpaired) electrons. The highest BCUT2D eigenvalue weighted by molar-refractivity contribution is 5.81. The standard InChI is InChI=1S/C15H25N5O2/c1-11-8-12(2)20(18-11)10-14(21)19-7-3-4-13(9-19)15(22)17-6-5-16/h8,13H,3-7,9-10,16H2,1-2H3,(H,17,22). The number of piperidine rings is 1. The molecule has 0 aromatic carbocycles. The molecule has 22 heavy (non-hydrogen) atoms. The third-order valence-corrected chi connectivity index (χ3v) is 3.98. The van der Waals surface area contributed by atoms with Crippen molar-refractivity contribution in [3.63, 3.8) is 0 Å². The smallest absolute Gasteiger partial charge is 0.244 e. The molecule has 1 aliphatic heterocycles. The zero-order chi connectivity index (χ0) is 16.1. The lowest BCUT2D eigenvalue weighted by molar-refractivity contribution is -0.136. The number of aryl methyl sites for hydroxylation is 2. The van der Waals surface area contributed by atoms with Crippen molar-refractivity contribution in [3.8, 4) is 0 Å². The van der Waals surface area contributed by atoms with Crippen LogP contribution in [-0.2, 0) is 16.1 Å². The molecule has 1 aromatic heterocycles. The first kappa shape index (κ1) is 16.5. The predicted molar refractivity (Wildman–Crippen MR) is 83.1 cm³/mol. The SMILES string of the molecule is Cc1cc(C)n(CC(=O)N2CCCC(C(=O)NCCN)C2)n1. The van der Waals surface area contributed by atoms with E-state index in [1.54, 1.807) is 9.58 Å².